The highest BCUT2D eigenvalue weighted by molar-refractivity contribution is 8.12. The maximum atomic E-state index is 4.45. The van der Waals surface area contributed by atoms with Gasteiger partial charge in [-0.1, -0.05) is 63.0 Å². The molecule has 0 saturated heterocycles. The molecule has 0 rings (SSSR count). The van der Waals surface area contributed by atoms with E-state index in [0.717, 1.165) is 50.0 Å². The average molecular weight is 332 g/mol. The van der Waals surface area contributed by atoms with Gasteiger partial charge in [0.15, 0.2) is 0 Å². The first-order valence-electron chi connectivity index (χ1n) is 8.44. The van der Waals surface area contributed by atoms with Gasteiger partial charge in [0.05, 0.1) is 5.55 Å². The molecule has 1 unspecified atom stereocenters. The minimum Gasteiger partial charge on any atom is -0.286 e. The molecule has 0 aliphatic heterocycles. The summed E-state index contributed by atoms with van der Waals surface area (Å²) in [5.41, 5.74) is 5.73. The Morgan fingerprint density at radius 2 is 2.00 bits per heavy atom. The molecule has 0 radical (unpaired) electrons. The van der Waals surface area contributed by atoms with Crippen LogP contribution in [0.1, 0.15) is 46.0 Å². The summed E-state index contributed by atoms with van der Waals surface area (Å²) in [6, 6.07) is 0. The summed E-state index contributed by atoms with van der Waals surface area (Å²) in [5.74, 6) is 1.50. The summed E-state index contributed by atoms with van der Waals surface area (Å²) in [4.78, 5) is 4.45. The number of thioether (sulfide) groups is 1. The first-order valence-corrected chi connectivity index (χ1v) is 9.49. The molecular formula is C21H33NS. The minimum atomic E-state index is 0.437. The zero-order valence-corrected chi connectivity index (χ0v) is 15.8. The molecule has 0 heterocycles. The van der Waals surface area contributed by atoms with Gasteiger partial charge in [0.25, 0.3) is 0 Å². The second kappa shape index (κ2) is 14.3. The Balaban J connectivity index is 4.20. The Morgan fingerprint density at radius 1 is 1.26 bits per heavy atom. The average Bonchev–Trinajstić information content (AvgIpc) is 2.55. The number of hydrogen-bond donors (Lipinski definition) is 0. The third kappa shape index (κ3) is 11.0. The molecule has 2 heteroatoms. The summed E-state index contributed by atoms with van der Waals surface area (Å²) in [7, 11) is 0. The first kappa shape index (κ1) is 21.7. The van der Waals surface area contributed by atoms with Crippen LogP contribution < -0.4 is 0 Å². The van der Waals surface area contributed by atoms with Crippen molar-refractivity contribution in [3.05, 3.63) is 61.3 Å². The smallest absolute Gasteiger partial charge is 0.0541 e. The second-order valence-electron chi connectivity index (χ2n) is 5.71. The largest absolute Gasteiger partial charge is 0.286 e. The number of hydrogen-bond acceptors (Lipinski definition) is 2. The number of nitrogens with zero attached hydrogens (tertiary/aromatic N) is 1. The normalized spacial score (nSPS) is 13.0. The summed E-state index contributed by atoms with van der Waals surface area (Å²) in [6.45, 7) is 21.1. The van der Waals surface area contributed by atoms with E-state index in [2.05, 4.69) is 51.2 Å². The molecule has 0 aliphatic carbocycles. The fourth-order valence-electron chi connectivity index (χ4n) is 2.22. The summed E-state index contributed by atoms with van der Waals surface area (Å²) in [5, 5.41) is 0. The van der Waals surface area contributed by atoms with Crippen LogP contribution in [0.2, 0.25) is 0 Å². The quantitative estimate of drug-likeness (QED) is 0.112. The SMILES string of the molecule is C=C/C=C(/CCCN=CSCCC=C)CC(C)C(=C)C(=C)CC. The summed E-state index contributed by atoms with van der Waals surface area (Å²) in [6.07, 6.45) is 11.1. The van der Waals surface area contributed by atoms with E-state index in [1.54, 1.807) is 11.8 Å². The van der Waals surface area contributed by atoms with Crippen molar-refractivity contribution >= 4 is 17.3 Å². The predicted octanol–water partition coefficient (Wildman–Crippen LogP) is 6.77. The van der Waals surface area contributed by atoms with Crippen molar-refractivity contribution in [2.24, 2.45) is 10.9 Å². The lowest BCUT2D eigenvalue weighted by atomic mass is 9.88. The van der Waals surface area contributed by atoms with E-state index in [9.17, 15) is 0 Å². The highest BCUT2D eigenvalue weighted by Gasteiger charge is 2.11. The predicted molar refractivity (Wildman–Crippen MR) is 110 cm³/mol. The van der Waals surface area contributed by atoms with Gasteiger partial charge in [0.1, 0.15) is 0 Å². The van der Waals surface area contributed by atoms with Gasteiger partial charge >= 0.3 is 0 Å². The fourth-order valence-corrected chi connectivity index (χ4v) is 2.84. The van der Waals surface area contributed by atoms with E-state index in [1.165, 1.54) is 11.1 Å². The van der Waals surface area contributed by atoms with Crippen LogP contribution in [0.3, 0.4) is 0 Å². The van der Waals surface area contributed by atoms with Crippen LogP contribution in [0.5, 0.6) is 0 Å². The molecule has 0 fully saturated rings. The third-order valence-electron chi connectivity index (χ3n) is 3.77. The number of allylic oxidation sites excluding steroid dienone is 6. The van der Waals surface area contributed by atoms with Crippen molar-refractivity contribution in [3.8, 4) is 0 Å². The van der Waals surface area contributed by atoms with Crippen molar-refractivity contribution in [1.29, 1.82) is 0 Å². The van der Waals surface area contributed by atoms with Gasteiger partial charge in [-0.15, -0.1) is 18.3 Å². The van der Waals surface area contributed by atoms with Crippen molar-refractivity contribution in [2.45, 2.75) is 46.0 Å². The maximum absolute atomic E-state index is 4.45. The Labute approximate surface area is 148 Å². The molecule has 1 nitrogen and oxygen atoms in total. The van der Waals surface area contributed by atoms with E-state index in [1.807, 2.05) is 17.7 Å². The van der Waals surface area contributed by atoms with Crippen LogP contribution in [0.25, 0.3) is 0 Å². The van der Waals surface area contributed by atoms with Crippen LogP contribution in [-0.4, -0.2) is 17.8 Å². The molecule has 1 atom stereocenters. The lowest BCUT2D eigenvalue weighted by molar-refractivity contribution is 0.646. The van der Waals surface area contributed by atoms with E-state index in [0.29, 0.717) is 5.92 Å². The molecule has 128 valence electrons. The molecule has 0 N–H and O–H groups in total. The van der Waals surface area contributed by atoms with Crippen LogP contribution in [0.15, 0.2) is 66.3 Å². The van der Waals surface area contributed by atoms with Crippen molar-refractivity contribution in [3.63, 3.8) is 0 Å². The highest BCUT2D eigenvalue weighted by atomic mass is 32.2. The number of rotatable bonds is 14. The Morgan fingerprint density at radius 3 is 2.61 bits per heavy atom. The van der Waals surface area contributed by atoms with E-state index in [4.69, 9.17) is 0 Å². The van der Waals surface area contributed by atoms with Crippen LogP contribution in [0, 0.1) is 5.92 Å². The topological polar surface area (TPSA) is 12.4 Å². The molecule has 0 bridgehead atoms. The van der Waals surface area contributed by atoms with Gasteiger partial charge < -0.3 is 0 Å². The van der Waals surface area contributed by atoms with Crippen molar-refractivity contribution in [1.82, 2.24) is 0 Å². The molecule has 0 saturated carbocycles. The lowest BCUT2D eigenvalue weighted by Gasteiger charge is -2.18. The zero-order valence-electron chi connectivity index (χ0n) is 15.0. The molecular weight excluding hydrogens is 298 g/mol. The van der Waals surface area contributed by atoms with Gasteiger partial charge in [-0.05, 0) is 43.6 Å². The van der Waals surface area contributed by atoms with E-state index < -0.39 is 0 Å². The summed E-state index contributed by atoms with van der Waals surface area (Å²) < 4.78 is 0. The zero-order chi connectivity index (χ0) is 17.5. The molecule has 0 spiro atoms. The van der Waals surface area contributed by atoms with Gasteiger partial charge in [0, 0.05) is 12.3 Å². The molecule has 23 heavy (non-hydrogen) atoms. The Hall–Kier alpha value is -1.28. The second-order valence-corrected chi connectivity index (χ2v) is 6.66. The van der Waals surface area contributed by atoms with Gasteiger partial charge in [-0.25, -0.2) is 0 Å². The van der Waals surface area contributed by atoms with Gasteiger partial charge in [0.2, 0.25) is 0 Å². The molecule has 0 aliphatic rings. The van der Waals surface area contributed by atoms with Gasteiger partial charge in [-0.2, -0.15) is 0 Å². The lowest BCUT2D eigenvalue weighted by Crippen LogP contribution is -2.03. The maximum Gasteiger partial charge on any atom is 0.0541 e. The summed E-state index contributed by atoms with van der Waals surface area (Å²) >= 11 is 1.75. The fraction of sp³-hybridized carbons (Fsp3) is 0.476. The standard InChI is InChI=1S/C21H33NS/c1-7-10-15-23-17-22-14-11-13-21(12-8-2)16-19(5)20(6)18(4)9-3/h7-8,12,17,19H,1-2,4,6,9-11,13-16H2,3,5H3/b21-12-,22-17?. The molecule has 0 aromatic carbocycles. The van der Waals surface area contributed by atoms with E-state index in [-0.39, 0.29) is 0 Å². The van der Waals surface area contributed by atoms with Crippen LogP contribution >= 0.6 is 11.8 Å². The molecule has 0 aromatic heterocycles. The van der Waals surface area contributed by atoms with Crippen LogP contribution in [-0.2, 0) is 0 Å². The monoisotopic (exact) mass is 331 g/mol. The molecule has 0 amide bonds. The Bertz CT molecular complexity index is 443. The Kier molecular flexibility index (Phi) is 13.5. The number of aliphatic imine (C=N–C) groups is 1. The minimum absolute atomic E-state index is 0.437. The highest BCUT2D eigenvalue weighted by Crippen LogP contribution is 2.26. The third-order valence-corrected chi connectivity index (χ3v) is 4.54. The van der Waals surface area contributed by atoms with Crippen LogP contribution in [0.4, 0.5) is 0 Å². The van der Waals surface area contributed by atoms with E-state index >= 15 is 0 Å². The van der Waals surface area contributed by atoms with Crippen molar-refractivity contribution < 1.29 is 0 Å². The van der Waals surface area contributed by atoms with Gasteiger partial charge in [-0.3, -0.25) is 4.99 Å². The van der Waals surface area contributed by atoms with Crippen molar-refractivity contribution in [2.75, 3.05) is 12.3 Å². The first-order chi connectivity index (χ1) is 11.1. The molecule has 0 aromatic rings.